The molecule has 0 bridgehead atoms. The van der Waals surface area contributed by atoms with Crippen LogP contribution < -0.4 is 5.32 Å². The Balaban J connectivity index is 1.54. The van der Waals surface area contributed by atoms with Crippen LogP contribution in [0.4, 0.5) is 0 Å². The van der Waals surface area contributed by atoms with E-state index in [1.165, 1.54) is 49.0 Å². The molecule has 4 rings (SSSR count). The van der Waals surface area contributed by atoms with E-state index < -0.39 is 0 Å². The molecule has 1 amide bonds. The van der Waals surface area contributed by atoms with Gasteiger partial charge in [-0.25, -0.2) is 0 Å². The molecule has 202 valence electrons. The maximum Gasteiger partial charge on any atom is 0.229 e. The Morgan fingerprint density at radius 1 is 0.789 bits per heavy atom. The molecule has 0 aromatic heterocycles. The summed E-state index contributed by atoms with van der Waals surface area (Å²) in [5, 5.41) is 3.01. The van der Waals surface area contributed by atoms with Gasteiger partial charge in [0.05, 0.1) is 10.5 Å². The Bertz CT molecular complexity index is 979. The van der Waals surface area contributed by atoms with E-state index >= 15 is 0 Å². The minimum Gasteiger partial charge on any atom is -0.354 e. The first-order valence-corrected chi connectivity index (χ1v) is 15.5. The quantitative estimate of drug-likeness (QED) is 0.205. The van der Waals surface area contributed by atoms with Crippen molar-refractivity contribution < 1.29 is 4.79 Å². The van der Waals surface area contributed by atoms with Crippen molar-refractivity contribution in [3.8, 4) is 0 Å². The van der Waals surface area contributed by atoms with Crippen molar-refractivity contribution in [2.75, 3.05) is 57.3 Å². The number of nitrogens with zero attached hydrogens (tertiary/aromatic N) is 2. The summed E-state index contributed by atoms with van der Waals surface area (Å²) in [6.45, 7) is 6.99. The SMILES string of the molecule is O=C(CS)NCCN(CCSC(c1ccccc1)(c1ccccc1)c1ccccc1)CCN1CCCCC1. The van der Waals surface area contributed by atoms with E-state index in [1.54, 1.807) is 0 Å². The third-order valence-electron chi connectivity index (χ3n) is 7.34. The number of rotatable bonds is 14. The minimum atomic E-state index is -0.303. The van der Waals surface area contributed by atoms with Gasteiger partial charge in [0.15, 0.2) is 0 Å². The lowest BCUT2D eigenvalue weighted by Crippen LogP contribution is -2.42. The highest BCUT2D eigenvalue weighted by Gasteiger charge is 2.36. The summed E-state index contributed by atoms with van der Waals surface area (Å²) in [5.74, 6) is 1.20. The largest absolute Gasteiger partial charge is 0.354 e. The maximum absolute atomic E-state index is 11.8. The molecule has 4 nitrogen and oxygen atoms in total. The monoisotopic (exact) mass is 547 g/mol. The van der Waals surface area contributed by atoms with Crippen LogP contribution in [-0.2, 0) is 9.54 Å². The van der Waals surface area contributed by atoms with E-state index in [2.05, 4.69) is 119 Å². The molecule has 0 spiro atoms. The lowest BCUT2D eigenvalue weighted by molar-refractivity contribution is -0.118. The lowest BCUT2D eigenvalue weighted by Gasteiger charge is -2.36. The van der Waals surface area contributed by atoms with Gasteiger partial charge in [-0.05, 0) is 42.6 Å². The van der Waals surface area contributed by atoms with Crippen LogP contribution in [0.5, 0.6) is 0 Å². The zero-order chi connectivity index (χ0) is 26.5. The number of thiol groups is 1. The Morgan fingerprint density at radius 3 is 1.82 bits per heavy atom. The van der Waals surface area contributed by atoms with Crippen LogP contribution in [0.1, 0.15) is 36.0 Å². The molecule has 0 aliphatic carbocycles. The molecule has 38 heavy (non-hydrogen) atoms. The number of amides is 1. The minimum absolute atomic E-state index is 0.00469. The normalized spacial score (nSPS) is 14.5. The van der Waals surface area contributed by atoms with Gasteiger partial charge in [0.25, 0.3) is 0 Å². The van der Waals surface area contributed by atoms with Crippen molar-refractivity contribution in [3.63, 3.8) is 0 Å². The fourth-order valence-corrected chi connectivity index (χ4v) is 6.98. The molecule has 0 radical (unpaired) electrons. The van der Waals surface area contributed by atoms with Crippen LogP contribution in [0.2, 0.25) is 0 Å². The first-order valence-electron chi connectivity index (χ1n) is 13.8. The first-order chi connectivity index (χ1) is 18.7. The second-order valence-corrected chi connectivity index (χ2v) is 11.5. The van der Waals surface area contributed by atoms with Crippen LogP contribution in [0.15, 0.2) is 91.0 Å². The molecule has 3 aromatic rings. The predicted molar refractivity (Wildman–Crippen MR) is 165 cm³/mol. The highest BCUT2D eigenvalue weighted by Crippen LogP contribution is 2.48. The number of benzene rings is 3. The van der Waals surface area contributed by atoms with E-state index in [1.807, 2.05) is 11.8 Å². The summed E-state index contributed by atoms with van der Waals surface area (Å²) in [7, 11) is 0. The Morgan fingerprint density at radius 2 is 1.32 bits per heavy atom. The van der Waals surface area contributed by atoms with Crippen molar-refractivity contribution in [1.29, 1.82) is 0 Å². The van der Waals surface area contributed by atoms with Gasteiger partial charge in [-0.1, -0.05) is 97.4 Å². The number of nitrogens with one attached hydrogen (secondary N) is 1. The number of piperidine rings is 1. The third kappa shape index (κ3) is 7.89. The van der Waals surface area contributed by atoms with Crippen LogP contribution >= 0.6 is 24.4 Å². The molecule has 0 saturated carbocycles. The molecule has 1 aliphatic rings. The van der Waals surface area contributed by atoms with Gasteiger partial charge in [0, 0.05) is 38.5 Å². The summed E-state index contributed by atoms with van der Waals surface area (Å²) in [6, 6.07) is 32.7. The second kappa shape index (κ2) is 15.4. The Hall–Kier alpha value is -2.25. The van der Waals surface area contributed by atoms with E-state index in [0.717, 1.165) is 31.9 Å². The number of carbonyl (C=O) groups is 1. The van der Waals surface area contributed by atoms with Crippen molar-refractivity contribution >= 4 is 30.3 Å². The zero-order valence-electron chi connectivity index (χ0n) is 22.3. The predicted octanol–water partition coefficient (Wildman–Crippen LogP) is 5.55. The smallest absolute Gasteiger partial charge is 0.229 e. The molecule has 1 fully saturated rings. The third-order valence-corrected chi connectivity index (χ3v) is 9.16. The van der Waals surface area contributed by atoms with Gasteiger partial charge >= 0.3 is 0 Å². The average molecular weight is 548 g/mol. The molecular formula is C32H41N3OS2. The van der Waals surface area contributed by atoms with Crippen LogP contribution in [0, 0.1) is 0 Å². The molecule has 1 saturated heterocycles. The number of thioether (sulfide) groups is 1. The number of hydrogen-bond donors (Lipinski definition) is 2. The van der Waals surface area contributed by atoms with Gasteiger partial charge in [-0.3, -0.25) is 9.69 Å². The van der Waals surface area contributed by atoms with E-state index in [4.69, 9.17) is 0 Å². The summed E-state index contributed by atoms with van der Waals surface area (Å²) < 4.78 is -0.303. The summed E-state index contributed by atoms with van der Waals surface area (Å²) in [6.07, 6.45) is 3.97. The molecule has 3 aromatic carbocycles. The molecule has 1 N–H and O–H groups in total. The van der Waals surface area contributed by atoms with Gasteiger partial charge in [-0.15, -0.1) is 11.8 Å². The summed E-state index contributed by atoms with van der Waals surface area (Å²) in [5.41, 5.74) is 3.88. The second-order valence-electron chi connectivity index (χ2n) is 9.88. The Labute approximate surface area is 238 Å². The fraction of sp³-hybridized carbons (Fsp3) is 0.406. The molecule has 1 heterocycles. The lowest BCUT2D eigenvalue weighted by atomic mass is 9.84. The van der Waals surface area contributed by atoms with Crippen molar-refractivity contribution in [2.45, 2.75) is 24.0 Å². The number of hydrogen-bond acceptors (Lipinski definition) is 5. The number of carbonyl (C=O) groups excluding carboxylic acids is 1. The van der Waals surface area contributed by atoms with Gasteiger partial charge in [0.2, 0.25) is 5.91 Å². The highest BCUT2D eigenvalue weighted by molar-refractivity contribution is 8.00. The van der Waals surface area contributed by atoms with E-state index in [0.29, 0.717) is 6.54 Å². The van der Waals surface area contributed by atoms with Crippen LogP contribution in [-0.4, -0.2) is 73.0 Å². The molecule has 6 heteroatoms. The van der Waals surface area contributed by atoms with Gasteiger partial charge in [-0.2, -0.15) is 12.6 Å². The highest BCUT2D eigenvalue weighted by atomic mass is 32.2. The molecule has 1 aliphatic heterocycles. The van der Waals surface area contributed by atoms with Gasteiger partial charge < -0.3 is 10.2 Å². The molecule has 0 atom stereocenters. The average Bonchev–Trinajstić information content (AvgIpc) is 2.99. The zero-order valence-corrected chi connectivity index (χ0v) is 24.0. The number of likely N-dealkylation sites (tertiary alicyclic amines) is 1. The van der Waals surface area contributed by atoms with Crippen LogP contribution in [0.3, 0.4) is 0 Å². The van der Waals surface area contributed by atoms with Gasteiger partial charge in [0.1, 0.15) is 0 Å². The fourth-order valence-electron chi connectivity index (χ4n) is 5.31. The molecular weight excluding hydrogens is 507 g/mol. The summed E-state index contributed by atoms with van der Waals surface area (Å²) in [4.78, 5) is 16.9. The van der Waals surface area contributed by atoms with Crippen molar-refractivity contribution in [1.82, 2.24) is 15.1 Å². The standard InChI is InChI=1S/C32H41N3OS2/c36-31(27-37)33-19-22-35(24-23-34-20-11-4-12-21-34)25-26-38-32(28-13-5-1-6-14-28,29-15-7-2-8-16-29)30-17-9-3-10-18-30/h1-3,5-10,13-18,37H,4,11-12,19-27H2,(H,33,36). The van der Waals surface area contributed by atoms with Crippen molar-refractivity contribution in [2.24, 2.45) is 0 Å². The Kier molecular flexibility index (Phi) is 11.6. The topological polar surface area (TPSA) is 35.6 Å². The first kappa shape index (κ1) is 28.8. The van der Waals surface area contributed by atoms with E-state index in [9.17, 15) is 4.79 Å². The molecule has 0 unspecified atom stereocenters. The maximum atomic E-state index is 11.8. The van der Waals surface area contributed by atoms with Crippen LogP contribution in [0.25, 0.3) is 0 Å². The van der Waals surface area contributed by atoms with Crippen molar-refractivity contribution in [3.05, 3.63) is 108 Å². The summed E-state index contributed by atoms with van der Waals surface area (Å²) >= 11 is 6.11. The van der Waals surface area contributed by atoms with E-state index in [-0.39, 0.29) is 16.4 Å².